The van der Waals surface area contributed by atoms with E-state index in [4.69, 9.17) is 4.74 Å². The molecular formula is C22H29FN4O2. The smallest absolute Gasteiger partial charge is 0.317 e. The highest BCUT2D eigenvalue weighted by atomic mass is 19.1. The Morgan fingerprint density at radius 2 is 1.86 bits per heavy atom. The van der Waals surface area contributed by atoms with Gasteiger partial charge in [0.05, 0.1) is 7.11 Å². The number of nitrogens with one attached hydrogen (secondary N) is 1. The summed E-state index contributed by atoms with van der Waals surface area (Å²) in [5, 5.41) is 3.00. The van der Waals surface area contributed by atoms with Crippen LogP contribution in [0.1, 0.15) is 5.56 Å². The summed E-state index contributed by atoms with van der Waals surface area (Å²) in [7, 11) is 3.61. The van der Waals surface area contributed by atoms with Crippen molar-refractivity contribution in [2.45, 2.75) is 6.54 Å². The minimum atomic E-state index is -0.265. The molecule has 2 amide bonds. The SMILES string of the molecule is COc1ccc(F)cc1CN1CCN(C(=O)NCCN(C)c2ccccc2)CC1. The number of anilines is 1. The van der Waals surface area contributed by atoms with Crippen LogP contribution in [0.4, 0.5) is 14.9 Å². The van der Waals surface area contributed by atoms with Crippen LogP contribution in [0.3, 0.4) is 0 Å². The van der Waals surface area contributed by atoms with E-state index < -0.39 is 0 Å². The van der Waals surface area contributed by atoms with Crippen molar-refractivity contribution in [1.29, 1.82) is 0 Å². The minimum absolute atomic E-state index is 0.0329. The molecule has 1 aliphatic rings. The third kappa shape index (κ3) is 5.84. The van der Waals surface area contributed by atoms with Gasteiger partial charge < -0.3 is 19.9 Å². The number of nitrogens with zero attached hydrogens (tertiary/aromatic N) is 3. The van der Waals surface area contributed by atoms with Gasteiger partial charge in [-0.15, -0.1) is 0 Å². The molecule has 3 rings (SSSR count). The van der Waals surface area contributed by atoms with Gasteiger partial charge in [0.1, 0.15) is 11.6 Å². The molecule has 6 nitrogen and oxygen atoms in total. The van der Waals surface area contributed by atoms with Crippen LogP contribution in [0.25, 0.3) is 0 Å². The Bertz CT molecular complexity index is 795. The second kappa shape index (κ2) is 10.1. The summed E-state index contributed by atoms with van der Waals surface area (Å²) >= 11 is 0. The fourth-order valence-corrected chi connectivity index (χ4v) is 3.47. The van der Waals surface area contributed by atoms with E-state index >= 15 is 0 Å². The van der Waals surface area contributed by atoms with E-state index in [0.29, 0.717) is 31.9 Å². The molecule has 0 radical (unpaired) electrons. The fraction of sp³-hybridized carbons (Fsp3) is 0.409. The molecule has 0 spiro atoms. The predicted octanol–water partition coefficient (Wildman–Crippen LogP) is 2.80. The monoisotopic (exact) mass is 400 g/mol. The maximum Gasteiger partial charge on any atom is 0.317 e. The molecule has 1 fully saturated rings. The molecule has 1 heterocycles. The predicted molar refractivity (Wildman–Crippen MR) is 113 cm³/mol. The Morgan fingerprint density at radius 1 is 1.14 bits per heavy atom. The lowest BCUT2D eigenvalue weighted by Gasteiger charge is -2.35. The third-order valence-corrected chi connectivity index (χ3v) is 5.22. The first-order valence-electron chi connectivity index (χ1n) is 9.90. The number of piperazine rings is 1. The van der Waals surface area contributed by atoms with Gasteiger partial charge in [0.15, 0.2) is 0 Å². The fourth-order valence-electron chi connectivity index (χ4n) is 3.47. The number of likely N-dealkylation sites (N-methyl/N-ethyl adjacent to an activating group) is 1. The lowest BCUT2D eigenvalue weighted by atomic mass is 10.1. The average molecular weight is 400 g/mol. The molecule has 0 bridgehead atoms. The van der Waals surface area contributed by atoms with Crippen molar-refractivity contribution in [3.8, 4) is 5.75 Å². The molecule has 0 aromatic heterocycles. The summed E-state index contributed by atoms with van der Waals surface area (Å²) < 4.78 is 18.9. The van der Waals surface area contributed by atoms with Crippen LogP contribution in [-0.4, -0.2) is 69.3 Å². The zero-order valence-electron chi connectivity index (χ0n) is 17.1. The maximum absolute atomic E-state index is 13.6. The van der Waals surface area contributed by atoms with Crippen molar-refractivity contribution >= 4 is 11.7 Å². The van der Waals surface area contributed by atoms with Crippen molar-refractivity contribution in [2.24, 2.45) is 0 Å². The summed E-state index contributed by atoms with van der Waals surface area (Å²) in [6.07, 6.45) is 0. The highest BCUT2D eigenvalue weighted by Gasteiger charge is 2.21. The van der Waals surface area contributed by atoms with Gasteiger partial charge in [-0.1, -0.05) is 18.2 Å². The zero-order valence-corrected chi connectivity index (χ0v) is 17.1. The molecule has 29 heavy (non-hydrogen) atoms. The number of rotatable bonds is 7. The highest BCUT2D eigenvalue weighted by Crippen LogP contribution is 2.21. The van der Waals surface area contributed by atoms with Crippen molar-refractivity contribution in [2.75, 3.05) is 58.3 Å². The van der Waals surface area contributed by atoms with Crippen LogP contribution in [0.2, 0.25) is 0 Å². The highest BCUT2D eigenvalue weighted by molar-refractivity contribution is 5.74. The number of halogens is 1. The van der Waals surface area contributed by atoms with E-state index in [1.165, 1.54) is 12.1 Å². The largest absolute Gasteiger partial charge is 0.496 e. The minimum Gasteiger partial charge on any atom is -0.496 e. The summed E-state index contributed by atoms with van der Waals surface area (Å²) in [6.45, 7) is 4.74. The number of carbonyl (C=O) groups excluding carboxylic acids is 1. The van der Waals surface area contributed by atoms with Gasteiger partial charge >= 0.3 is 6.03 Å². The summed E-state index contributed by atoms with van der Waals surface area (Å²) in [6, 6.07) is 14.6. The Kier molecular flexibility index (Phi) is 7.30. The first kappa shape index (κ1) is 20.9. The van der Waals surface area contributed by atoms with Crippen LogP contribution in [0.5, 0.6) is 5.75 Å². The number of methoxy groups -OCH3 is 1. The van der Waals surface area contributed by atoms with Crippen molar-refractivity contribution < 1.29 is 13.9 Å². The standard InChI is InChI=1S/C22H29FN4O2/c1-25(20-6-4-3-5-7-20)11-10-24-22(28)27-14-12-26(13-15-27)17-18-16-19(23)8-9-21(18)29-2/h3-9,16H,10-15,17H2,1-2H3,(H,24,28). The molecule has 0 unspecified atom stereocenters. The number of benzene rings is 2. The Labute approximate surface area is 171 Å². The number of hydrogen-bond acceptors (Lipinski definition) is 4. The lowest BCUT2D eigenvalue weighted by molar-refractivity contribution is 0.134. The number of ether oxygens (including phenoxy) is 1. The van der Waals surface area contributed by atoms with Gasteiger partial charge in [0.2, 0.25) is 0 Å². The molecule has 1 aliphatic heterocycles. The second-order valence-corrected chi connectivity index (χ2v) is 7.21. The van der Waals surface area contributed by atoms with Crippen LogP contribution in [0.15, 0.2) is 48.5 Å². The molecular weight excluding hydrogens is 371 g/mol. The molecule has 2 aromatic rings. The van der Waals surface area contributed by atoms with Gasteiger partial charge in [0.25, 0.3) is 0 Å². The van der Waals surface area contributed by atoms with E-state index in [2.05, 4.69) is 27.2 Å². The third-order valence-electron chi connectivity index (χ3n) is 5.22. The van der Waals surface area contributed by atoms with Crippen LogP contribution in [-0.2, 0) is 6.54 Å². The average Bonchev–Trinajstić information content (AvgIpc) is 2.75. The van der Waals surface area contributed by atoms with Crippen molar-refractivity contribution in [3.05, 3.63) is 59.9 Å². The lowest BCUT2D eigenvalue weighted by Crippen LogP contribution is -2.52. The number of urea groups is 1. The van der Waals surface area contributed by atoms with E-state index in [-0.39, 0.29) is 11.8 Å². The molecule has 156 valence electrons. The summed E-state index contributed by atoms with van der Waals surface area (Å²) in [5.41, 5.74) is 1.96. The second-order valence-electron chi connectivity index (χ2n) is 7.21. The number of para-hydroxylation sites is 1. The molecule has 0 aliphatic carbocycles. The Balaban J connectivity index is 1.41. The first-order valence-corrected chi connectivity index (χ1v) is 9.90. The number of carbonyl (C=O) groups is 1. The van der Waals surface area contributed by atoms with Crippen LogP contribution in [0, 0.1) is 5.82 Å². The van der Waals surface area contributed by atoms with Crippen LogP contribution >= 0.6 is 0 Å². The van der Waals surface area contributed by atoms with Gasteiger partial charge in [-0.05, 0) is 30.3 Å². The van der Waals surface area contributed by atoms with E-state index in [1.807, 2.05) is 30.1 Å². The summed E-state index contributed by atoms with van der Waals surface area (Å²) in [4.78, 5) is 18.6. The van der Waals surface area contributed by atoms with Gasteiger partial charge in [0, 0.05) is 64.1 Å². The normalized spacial score (nSPS) is 14.5. The van der Waals surface area contributed by atoms with E-state index in [1.54, 1.807) is 13.2 Å². The van der Waals surface area contributed by atoms with Gasteiger partial charge in [-0.2, -0.15) is 0 Å². The first-order chi connectivity index (χ1) is 14.1. The van der Waals surface area contributed by atoms with Crippen molar-refractivity contribution in [3.63, 3.8) is 0 Å². The number of hydrogen-bond donors (Lipinski definition) is 1. The maximum atomic E-state index is 13.6. The molecule has 1 saturated heterocycles. The quantitative estimate of drug-likeness (QED) is 0.777. The Hall–Kier alpha value is -2.80. The van der Waals surface area contributed by atoms with Crippen LogP contribution < -0.4 is 15.0 Å². The number of amides is 2. The van der Waals surface area contributed by atoms with E-state index in [9.17, 15) is 9.18 Å². The molecule has 0 atom stereocenters. The topological polar surface area (TPSA) is 48.1 Å². The Morgan fingerprint density at radius 3 is 2.55 bits per heavy atom. The van der Waals surface area contributed by atoms with E-state index in [0.717, 1.165) is 30.9 Å². The summed E-state index contributed by atoms with van der Waals surface area (Å²) in [5.74, 6) is 0.424. The molecule has 2 aromatic carbocycles. The molecule has 1 N–H and O–H groups in total. The zero-order chi connectivity index (χ0) is 20.6. The van der Waals surface area contributed by atoms with Gasteiger partial charge in [-0.25, -0.2) is 9.18 Å². The molecule has 0 saturated carbocycles. The molecule has 7 heteroatoms. The van der Waals surface area contributed by atoms with Gasteiger partial charge in [-0.3, -0.25) is 4.90 Å². The van der Waals surface area contributed by atoms with Crippen molar-refractivity contribution in [1.82, 2.24) is 15.1 Å².